The normalized spacial score (nSPS) is 16.1. The SMILES string of the molecule is Cl.Cl.Fc1cc(Cl)cc2c1N=C1SC=C(CSC3=NCc4ccccc4N3)N1C2. The summed E-state index contributed by atoms with van der Waals surface area (Å²) in [4.78, 5) is 11.2. The van der Waals surface area contributed by atoms with E-state index in [2.05, 4.69) is 37.7 Å². The van der Waals surface area contributed by atoms with E-state index in [0.717, 1.165) is 33.0 Å². The van der Waals surface area contributed by atoms with Crippen LogP contribution in [-0.4, -0.2) is 21.0 Å². The van der Waals surface area contributed by atoms with Crippen LogP contribution < -0.4 is 5.32 Å². The number of hydrogen-bond acceptors (Lipinski definition) is 6. The van der Waals surface area contributed by atoms with Gasteiger partial charge in [0, 0.05) is 27.7 Å². The number of rotatable bonds is 2. The van der Waals surface area contributed by atoms with Crippen LogP contribution in [0.3, 0.4) is 0 Å². The molecule has 0 radical (unpaired) electrons. The Balaban J connectivity index is 0.00000120. The van der Waals surface area contributed by atoms with Gasteiger partial charge in [0.25, 0.3) is 0 Å². The zero-order valence-corrected chi connectivity index (χ0v) is 18.9. The van der Waals surface area contributed by atoms with Crippen LogP contribution in [0.15, 0.2) is 57.5 Å². The average Bonchev–Trinajstić information content (AvgIpc) is 3.06. The molecule has 0 bridgehead atoms. The predicted molar refractivity (Wildman–Crippen MR) is 128 cm³/mol. The number of benzene rings is 2. The third-order valence-corrected chi connectivity index (χ3v) is 6.61. The van der Waals surface area contributed by atoms with Gasteiger partial charge in [0.1, 0.15) is 5.69 Å². The van der Waals surface area contributed by atoms with Crippen molar-refractivity contribution in [3.63, 3.8) is 0 Å². The first-order valence-electron chi connectivity index (χ1n) is 8.39. The Hall–Kier alpha value is -1.38. The van der Waals surface area contributed by atoms with Crippen LogP contribution in [0.5, 0.6) is 0 Å². The van der Waals surface area contributed by atoms with Crippen LogP contribution in [0.4, 0.5) is 15.8 Å². The van der Waals surface area contributed by atoms with E-state index in [0.29, 0.717) is 23.8 Å². The summed E-state index contributed by atoms with van der Waals surface area (Å²) in [6.45, 7) is 1.27. The molecule has 5 rings (SSSR count). The number of hydrogen-bond donors (Lipinski definition) is 1. The highest BCUT2D eigenvalue weighted by atomic mass is 35.5. The number of aliphatic imine (C=N–C) groups is 2. The predicted octanol–water partition coefficient (Wildman–Crippen LogP) is 6.43. The smallest absolute Gasteiger partial charge is 0.173 e. The van der Waals surface area contributed by atoms with E-state index in [1.165, 1.54) is 23.4 Å². The number of nitrogens with one attached hydrogen (secondary N) is 1. The minimum Gasteiger partial charge on any atom is -0.335 e. The molecule has 0 aliphatic carbocycles. The zero-order chi connectivity index (χ0) is 18.4. The van der Waals surface area contributed by atoms with Gasteiger partial charge in [-0.15, -0.1) is 24.8 Å². The third kappa shape index (κ3) is 4.39. The van der Waals surface area contributed by atoms with Gasteiger partial charge >= 0.3 is 0 Å². The maximum Gasteiger partial charge on any atom is 0.173 e. The van der Waals surface area contributed by atoms with E-state index < -0.39 is 0 Å². The Morgan fingerprint density at radius 2 is 2.03 bits per heavy atom. The lowest BCUT2D eigenvalue weighted by atomic mass is 10.1. The van der Waals surface area contributed by atoms with E-state index in [-0.39, 0.29) is 30.6 Å². The molecule has 29 heavy (non-hydrogen) atoms. The van der Waals surface area contributed by atoms with Gasteiger partial charge in [-0.1, -0.05) is 53.3 Å². The number of anilines is 1. The average molecular weight is 490 g/mol. The molecule has 0 atom stereocenters. The second-order valence-electron chi connectivity index (χ2n) is 6.30. The summed E-state index contributed by atoms with van der Waals surface area (Å²) in [6.07, 6.45) is 0. The van der Waals surface area contributed by atoms with Gasteiger partial charge in [0.2, 0.25) is 0 Å². The molecule has 2 aromatic carbocycles. The van der Waals surface area contributed by atoms with E-state index >= 15 is 0 Å². The van der Waals surface area contributed by atoms with Gasteiger partial charge in [-0.25, -0.2) is 9.38 Å². The summed E-state index contributed by atoms with van der Waals surface area (Å²) >= 11 is 9.20. The van der Waals surface area contributed by atoms with Crippen LogP contribution in [0.25, 0.3) is 0 Å². The van der Waals surface area contributed by atoms with Crippen LogP contribution >= 0.6 is 59.9 Å². The minimum absolute atomic E-state index is 0. The zero-order valence-electron chi connectivity index (χ0n) is 14.9. The molecular weight excluding hydrogens is 474 g/mol. The van der Waals surface area contributed by atoms with Crippen molar-refractivity contribution in [1.82, 2.24) is 4.90 Å². The highest BCUT2D eigenvalue weighted by Crippen LogP contribution is 2.40. The molecule has 0 saturated heterocycles. The molecule has 2 aromatic rings. The molecule has 0 fully saturated rings. The first-order valence-corrected chi connectivity index (χ1v) is 10.6. The first-order chi connectivity index (χ1) is 13.2. The molecule has 0 amide bonds. The van der Waals surface area contributed by atoms with Crippen molar-refractivity contribution < 1.29 is 4.39 Å². The van der Waals surface area contributed by atoms with Gasteiger partial charge < -0.3 is 10.2 Å². The van der Waals surface area contributed by atoms with Crippen LogP contribution in [0.1, 0.15) is 11.1 Å². The molecule has 3 aliphatic rings. The summed E-state index contributed by atoms with van der Waals surface area (Å²) in [7, 11) is 0. The van der Waals surface area contributed by atoms with E-state index in [1.54, 1.807) is 17.8 Å². The molecule has 4 nitrogen and oxygen atoms in total. The quantitative estimate of drug-likeness (QED) is 0.528. The molecule has 0 saturated carbocycles. The topological polar surface area (TPSA) is 40.0 Å². The molecule has 3 aliphatic heterocycles. The summed E-state index contributed by atoms with van der Waals surface area (Å²) < 4.78 is 14.1. The molecule has 10 heteroatoms. The fraction of sp³-hybridized carbons (Fsp3) is 0.158. The van der Waals surface area contributed by atoms with E-state index in [1.807, 2.05) is 12.1 Å². The van der Waals surface area contributed by atoms with Crippen LogP contribution in [0.2, 0.25) is 5.02 Å². The second-order valence-corrected chi connectivity index (χ2v) is 8.53. The molecule has 0 spiro atoms. The fourth-order valence-corrected chi connectivity index (χ4v) is 5.29. The minimum atomic E-state index is -0.368. The summed E-state index contributed by atoms with van der Waals surface area (Å²) in [5.74, 6) is 0.394. The maximum atomic E-state index is 14.1. The lowest BCUT2D eigenvalue weighted by Crippen LogP contribution is -2.28. The highest BCUT2D eigenvalue weighted by molar-refractivity contribution is 8.17. The first kappa shape index (κ1) is 22.3. The number of thioether (sulfide) groups is 2. The van der Waals surface area contributed by atoms with E-state index in [4.69, 9.17) is 11.6 Å². The molecular formula is C19H16Cl3FN4S2. The Morgan fingerprint density at radius 3 is 2.90 bits per heavy atom. The van der Waals surface area contributed by atoms with E-state index in [9.17, 15) is 4.39 Å². The molecule has 0 aromatic heterocycles. The maximum absolute atomic E-state index is 14.1. The van der Waals surface area contributed by atoms with Crippen molar-refractivity contribution in [3.05, 3.63) is 69.5 Å². The van der Waals surface area contributed by atoms with Crippen molar-refractivity contribution in [3.8, 4) is 0 Å². The number of para-hydroxylation sites is 1. The standard InChI is InChI=1S/C19H14ClFN4S2.2ClH/c20-13-5-12-8-25-14(10-27-19(25)24-17(12)15(21)6-13)9-26-18-22-7-11-3-1-2-4-16(11)23-18;;/h1-6,10H,7-9H2,(H,22,23);2*1H. The van der Waals surface area contributed by atoms with Crippen molar-refractivity contribution in [2.24, 2.45) is 9.98 Å². The summed E-state index contributed by atoms with van der Waals surface area (Å²) in [5, 5.41) is 7.59. The summed E-state index contributed by atoms with van der Waals surface area (Å²) in [5.41, 5.74) is 4.67. The van der Waals surface area contributed by atoms with Crippen molar-refractivity contribution in [1.29, 1.82) is 0 Å². The number of nitrogens with zero attached hydrogens (tertiary/aromatic N) is 3. The Morgan fingerprint density at radius 1 is 1.21 bits per heavy atom. The van der Waals surface area contributed by atoms with Gasteiger partial charge in [0.05, 0.1) is 13.1 Å². The Labute approximate surface area is 193 Å². The van der Waals surface area contributed by atoms with Gasteiger partial charge in [0.15, 0.2) is 16.2 Å². The molecule has 3 heterocycles. The van der Waals surface area contributed by atoms with Crippen LogP contribution in [0, 0.1) is 5.82 Å². The van der Waals surface area contributed by atoms with Gasteiger partial charge in [-0.2, -0.15) is 0 Å². The second kappa shape index (κ2) is 9.18. The fourth-order valence-electron chi connectivity index (χ4n) is 3.19. The Kier molecular flexibility index (Phi) is 7.06. The number of halogens is 4. The van der Waals surface area contributed by atoms with Crippen LogP contribution in [-0.2, 0) is 13.1 Å². The third-order valence-electron chi connectivity index (χ3n) is 4.53. The lowest BCUT2D eigenvalue weighted by molar-refractivity contribution is 0.513. The lowest BCUT2D eigenvalue weighted by Gasteiger charge is -2.27. The molecule has 1 N–H and O–H groups in total. The van der Waals surface area contributed by atoms with Gasteiger partial charge in [-0.05, 0) is 29.2 Å². The summed E-state index contributed by atoms with van der Waals surface area (Å²) in [6, 6.07) is 11.3. The van der Waals surface area contributed by atoms with Crippen molar-refractivity contribution >= 4 is 81.6 Å². The molecule has 152 valence electrons. The van der Waals surface area contributed by atoms with Gasteiger partial charge in [-0.3, -0.25) is 4.99 Å². The molecule has 0 unspecified atom stereocenters. The highest BCUT2D eigenvalue weighted by Gasteiger charge is 2.29. The number of amidine groups is 2. The largest absolute Gasteiger partial charge is 0.335 e. The monoisotopic (exact) mass is 488 g/mol. The number of fused-ring (bicyclic) bond motifs is 3. The Bertz CT molecular complexity index is 1040. The van der Waals surface area contributed by atoms with Crippen molar-refractivity contribution in [2.75, 3.05) is 11.1 Å². The van der Waals surface area contributed by atoms with Crippen molar-refractivity contribution in [2.45, 2.75) is 13.1 Å².